The van der Waals surface area contributed by atoms with Crippen LogP contribution in [0.5, 0.6) is 0 Å². The Hall–Kier alpha value is -2.34. The van der Waals surface area contributed by atoms with Crippen molar-refractivity contribution < 1.29 is 17.7 Å². The minimum Gasteiger partial charge on any atom is -0.356 e. The van der Waals surface area contributed by atoms with E-state index in [2.05, 4.69) is 25.8 Å². The highest BCUT2D eigenvalue weighted by Gasteiger charge is 2.29. The van der Waals surface area contributed by atoms with Crippen LogP contribution in [0.2, 0.25) is 5.02 Å². The first kappa shape index (κ1) is 24.9. The summed E-state index contributed by atoms with van der Waals surface area (Å²) >= 11 is 5.87. The smallest absolute Gasteiger partial charge is 0.356 e. The fourth-order valence-electron chi connectivity index (χ4n) is 2.58. The first-order valence-corrected chi connectivity index (χ1v) is 9.42. The maximum atomic E-state index is 12.6. The highest BCUT2D eigenvalue weighted by atomic mass is 127. The topological polar surface area (TPSA) is 75.3 Å². The second-order valence-corrected chi connectivity index (χ2v) is 6.75. The zero-order chi connectivity index (χ0) is 21.6. The molecule has 3 aromatic rings. The summed E-state index contributed by atoms with van der Waals surface area (Å²) in [5.74, 6) is 1.45. The number of rotatable bonds is 6. The lowest BCUT2D eigenvalue weighted by Gasteiger charge is -2.12. The number of guanidine groups is 1. The van der Waals surface area contributed by atoms with Crippen LogP contribution in [-0.4, -0.2) is 29.7 Å². The van der Waals surface area contributed by atoms with Gasteiger partial charge in [-0.2, -0.15) is 18.2 Å². The van der Waals surface area contributed by atoms with Gasteiger partial charge in [-0.25, -0.2) is 0 Å². The molecule has 11 heteroatoms. The monoisotopic (exact) mass is 565 g/mol. The Kier molecular flexibility index (Phi) is 9.11. The van der Waals surface area contributed by atoms with E-state index < -0.39 is 11.7 Å². The molecule has 2 N–H and O–H groups in total. The number of nitrogens with zero attached hydrogens (tertiary/aromatic N) is 3. The largest absolute Gasteiger partial charge is 0.416 e. The van der Waals surface area contributed by atoms with Crippen LogP contribution in [-0.2, 0) is 19.1 Å². The molecule has 1 aromatic heterocycles. The van der Waals surface area contributed by atoms with Gasteiger partial charge < -0.3 is 15.2 Å². The molecule has 0 aliphatic rings. The van der Waals surface area contributed by atoms with E-state index in [1.807, 2.05) is 12.1 Å². The van der Waals surface area contributed by atoms with E-state index in [9.17, 15) is 13.2 Å². The summed E-state index contributed by atoms with van der Waals surface area (Å²) < 4.78 is 43.1. The fourth-order valence-corrected chi connectivity index (χ4v) is 2.70. The molecule has 0 saturated heterocycles. The molecular weight excluding hydrogens is 546 g/mol. The number of alkyl halides is 3. The first-order valence-electron chi connectivity index (χ1n) is 9.04. The Labute approximate surface area is 199 Å². The van der Waals surface area contributed by atoms with Gasteiger partial charge in [-0.3, -0.25) is 4.99 Å². The van der Waals surface area contributed by atoms with Crippen LogP contribution in [0.25, 0.3) is 11.4 Å². The van der Waals surface area contributed by atoms with Gasteiger partial charge in [-0.1, -0.05) is 28.9 Å². The van der Waals surface area contributed by atoms with E-state index in [0.29, 0.717) is 47.8 Å². The lowest BCUT2D eigenvalue weighted by Crippen LogP contribution is -2.37. The van der Waals surface area contributed by atoms with Gasteiger partial charge >= 0.3 is 6.18 Å². The predicted octanol–water partition coefficient (Wildman–Crippen LogP) is 4.93. The zero-order valence-electron chi connectivity index (χ0n) is 16.4. The summed E-state index contributed by atoms with van der Waals surface area (Å²) in [5.41, 5.74) is 0.832. The molecule has 3 rings (SSSR count). The van der Waals surface area contributed by atoms with Crippen molar-refractivity contribution in [3.05, 3.63) is 70.6 Å². The lowest BCUT2D eigenvalue weighted by molar-refractivity contribution is -0.137. The second kappa shape index (κ2) is 11.3. The highest BCUT2D eigenvalue weighted by Crippen LogP contribution is 2.29. The number of halogens is 5. The summed E-state index contributed by atoms with van der Waals surface area (Å²) in [4.78, 5) is 8.43. The summed E-state index contributed by atoms with van der Waals surface area (Å²) in [7, 11) is 1.60. The fraction of sp³-hybridized carbons (Fsp3) is 0.250. The molecule has 0 atom stereocenters. The van der Waals surface area contributed by atoms with Crippen LogP contribution in [0.4, 0.5) is 13.2 Å². The molecule has 1 heterocycles. The van der Waals surface area contributed by atoms with E-state index in [4.69, 9.17) is 16.1 Å². The van der Waals surface area contributed by atoms with Crippen molar-refractivity contribution in [3.63, 3.8) is 0 Å². The summed E-state index contributed by atoms with van der Waals surface area (Å²) in [5, 5.41) is 10.7. The maximum absolute atomic E-state index is 12.6. The van der Waals surface area contributed by atoms with E-state index in [-0.39, 0.29) is 24.0 Å². The molecule has 0 spiro atoms. The van der Waals surface area contributed by atoms with E-state index >= 15 is 0 Å². The van der Waals surface area contributed by atoms with Crippen molar-refractivity contribution in [2.75, 3.05) is 13.6 Å². The molecule has 0 unspecified atom stereocenters. The molecule has 2 aromatic carbocycles. The zero-order valence-corrected chi connectivity index (χ0v) is 19.5. The third kappa shape index (κ3) is 7.39. The van der Waals surface area contributed by atoms with Crippen molar-refractivity contribution in [2.24, 2.45) is 4.99 Å². The summed E-state index contributed by atoms with van der Waals surface area (Å²) in [6.45, 7) is 0.814. The Bertz CT molecular complexity index is 991. The van der Waals surface area contributed by atoms with Gasteiger partial charge in [-0.05, 0) is 42.0 Å². The van der Waals surface area contributed by atoms with Gasteiger partial charge in [0.05, 0.1) is 5.56 Å². The van der Waals surface area contributed by atoms with Gasteiger partial charge in [0.25, 0.3) is 0 Å². The van der Waals surface area contributed by atoms with Crippen molar-refractivity contribution in [2.45, 2.75) is 19.1 Å². The molecule has 0 radical (unpaired) electrons. The maximum Gasteiger partial charge on any atom is 0.416 e. The molecule has 0 amide bonds. The van der Waals surface area contributed by atoms with Crippen molar-refractivity contribution >= 4 is 41.5 Å². The second-order valence-electron chi connectivity index (χ2n) is 6.32. The SMILES string of the molecule is CN=C(NCCc1nc(-c2ccc(Cl)cc2)no1)NCc1ccc(C(F)(F)F)cc1.I. The average molecular weight is 566 g/mol. The van der Waals surface area contributed by atoms with E-state index in [1.165, 1.54) is 12.1 Å². The number of aliphatic imine (C=N–C) groups is 1. The number of aromatic nitrogens is 2. The number of hydrogen-bond donors (Lipinski definition) is 2. The van der Waals surface area contributed by atoms with Crippen molar-refractivity contribution in [1.82, 2.24) is 20.8 Å². The van der Waals surface area contributed by atoms with E-state index in [1.54, 1.807) is 19.2 Å². The standard InChI is InChI=1S/C20H19ClF3N5O.HI/c1-25-19(27-12-13-2-6-15(7-3-13)20(22,23)24)26-11-10-17-28-18(29-30-17)14-4-8-16(21)9-5-14;/h2-9H,10-12H2,1H3,(H2,25,26,27);1H. The third-order valence-electron chi connectivity index (χ3n) is 4.17. The minimum absolute atomic E-state index is 0. The molecule has 166 valence electrons. The van der Waals surface area contributed by atoms with Gasteiger partial charge in [0.1, 0.15) is 0 Å². The Morgan fingerprint density at radius 3 is 2.35 bits per heavy atom. The molecule has 0 bridgehead atoms. The molecule has 0 aliphatic carbocycles. The summed E-state index contributed by atoms with van der Waals surface area (Å²) in [6, 6.07) is 12.1. The van der Waals surface area contributed by atoms with Gasteiger partial charge in [-0.15, -0.1) is 24.0 Å². The predicted molar refractivity (Wildman–Crippen MR) is 124 cm³/mol. The van der Waals surface area contributed by atoms with E-state index in [0.717, 1.165) is 17.7 Å². The van der Waals surface area contributed by atoms with Gasteiger partial charge in [0, 0.05) is 37.1 Å². The van der Waals surface area contributed by atoms with Crippen LogP contribution in [0.3, 0.4) is 0 Å². The number of hydrogen-bond acceptors (Lipinski definition) is 4. The molecule has 31 heavy (non-hydrogen) atoms. The van der Waals surface area contributed by atoms with Crippen LogP contribution < -0.4 is 10.6 Å². The van der Waals surface area contributed by atoms with Crippen molar-refractivity contribution in [1.29, 1.82) is 0 Å². The van der Waals surface area contributed by atoms with Crippen molar-refractivity contribution in [3.8, 4) is 11.4 Å². The van der Waals surface area contributed by atoms with Crippen LogP contribution in [0.15, 0.2) is 58.0 Å². The quantitative estimate of drug-likeness (QED) is 0.252. The number of benzene rings is 2. The normalized spacial score (nSPS) is 11.7. The van der Waals surface area contributed by atoms with Gasteiger partial charge in [0.15, 0.2) is 5.96 Å². The number of nitrogens with one attached hydrogen (secondary N) is 2. The Balaban J connectivity index is 0.00000341. The molecule has 6 nitrogen and oxygen atoms in total. The Morgan fingerprint density at radius 1 is 1.06 bits per heavy atom. The average Bonchev–Trinajstić information content (AvgIpc) is 3.19. The van der Waals surface area contributed by atoms with Crippen LogP contribution >= 0.6 is 35.6 Å². The molecule has 0 aliphatic heterocycles. The summed E-state index contributed by atoms with van der Waals surface area (Å²) in [6.07, 6.45) is -3.87. The van der Waals surface area contributed by atoms with Gasteiger partial charge in [0.2, 0.25) is 11.7 Å². The Morgan fingerprint density at radius 2 is 1.74 bits per heavy atom. The van der Waals surface area contributed by atoms with Crippen LogP contribution in [0.1, 0.15) is 17.0 Å². The first-order chi connectivity index (χ1) is 14.3. The third-order valence-corrected chi connectivity index (χ3v) is 4.42. The van der Waals surface area contributed by atoms with Crippen LogP contribution in [0, 0.1) is 0 Å². The lowest BCUT2D eigenvalue weighted by atomic mass is 10.1. The minimum atomic E-state index is -4.34. The molecule has 0 fully saturated rings. The molecule has 0 saturated carbocycles. The highest BCUT2D eigenvalue weighted by molar-refractivity contribution is 14.0. The molecular formula is C20H20ClF3IN5O.